The number of methoxy groups -OCH3 is 3. The third kappa shape index (κ3) is 4.76. The van der Waals surface area contributed by atoms with Crippen LogP contribution in [0.2, 0.25) is 0 Å². The molecule has 166 valence electrons. The predicted molar refractivity (Wildman–Crippen MR) is 118 cm³/mol. The molecule has 0 aromatic heterocycles. The minimum Gasteiger partial charge on any atom is -0.497 e. The van der Waals surface area contributed by atoms with Gasteiger partial charge in [-0.3, -0.25) is 9.59 Å². The molecule has 2 atom stereocenters. The summed E-state index contributed by atoms with van der Waals surface area (Å²) in [6.07, 6.45) is 0. The Morgan fingerprint density at radius 3 is 2.39 bits per heavy atom. The van der Waals surface area contributed by atoms with Crippen LogP contribution in [0, 0.1) is 5.92 Å². The molecule has 7 nitrogen and oxygen atoms in total. The first-order chi connectivity index (χ1) is 14.9. The van der Waals surface area contributed by atoms with E-state index in [9.17, 15) is 9.59 Å². The zero-order valence-corrected chi connectivity index (χ0v) is 18.7. The smallest absolute Gasteiger partial charge is 0.254 e. The van der Waals surface area contributed by atoms with E-state index in [0.717, 1.165) is 5.56 Å². The number of amides is 2. The Morgan fingerprint density at radius 1 is 1.00 bits per heavy atom. The summed E-state index contributed by atoms with van der Waals surface area (Å²) in [6.45, 7) is 4.57. The molecule has 0 saturated carbocycles. The second-order valence-electron chi connectivity index (χ2n) is 7.90. The van der Waals surface area contributed by atoms with Crippen molar-refractivity contribution in [3.8, 4) is 17.2 Å². The highest BCUT2D eigenvalue weighted by atomic mass is 16.5. The van der Waals surface area contributed by atoms with Crippen molar-refractivity contribution >= 4 is 11.8 Å². The van der Waals surface area contributed by atoms with E-state index in [1.807, 2.05) is 32.0 Å². The lowest BCUT2D eigenvalue weighted by molar-refractivity contribution is -0.125. The Hall–Kier alpha value is -3.22. The summed E-state index contributed by atoms with van der Waals surface area (Å²) < 4.78 is 16.3. The van der Waals surface area contributed by atoms with Crippen LogP contribution in [0.5, 0.6) is 17.2 Å². The molecule has 31 heavy (non-hydrogen) atoms. The molecule has 0 bridgehead atoms. The first-order valence-corrected chi connectivity index (χ1v) is 10.3. The molecule has 1 aliphatic heterocycles. The number of benzene rings is 2. The van der Waals surface area contributed by atoms with Crippen molar-refractivity contribution in [1.82, 2.24) is 10.2 Å². The molecule has 3 rings (SSSR count). The summed E-state index contributed by atoms with van der Waals surface area (Å²) >= 11 is 0. The standard InChI is InChI=1S/C24H30N2O5/c1-15(2)25-23(27)20-14-26(24(28)16-8-6-9-17(12-16)29-3)13-19(20)18-10-7-11-21(30-4)22(18)31-5/h6-12,15,19-20H,13-14H2,1-5H3,(H,25,27)/t19-,20+/m0/s1. The number of rotatable bonds is 7. The molecule has 1 heterocycles. The molecule has 0 spiro atoms. The fraction of sp³-hybridized carbons (Fsp3) is 0.417. The second kappa shape index (κ2) is 9.73. The molecule has 2 aromatic rings. The van der Waals surface area contributed by atoms with Crippen molar-refractivity contribution in [2.75, 3.05) is 34.4 Å². The number of hydrogen-bond acceptors (Lipinski definition) is 5. The largest absolute Gasteiger partial charge is 0.497 e. The maximum absolute atomic E-state index is 13.2. The lowest BCUT2D eigenvalue weighted by atomic mass is 9.87. The fourth-order valence-corrected chi connectivity index (χ4v) is 4.08. The van der Waals surface area contributed by atoms with Gasteiger partial charge in [-0.25, -0.2) is 0 Å². The summed E-state index contributed by atoms with van der Waals surface area (Å²) in [5.41, 5.74) is 1.38. The van der Waals surface area contributed by atoms with Gasteiger partial charge in [0.15, 0.2) is 11.5 Å². The van der Waals surface area contributed by atoms with Crippen LogP contribution in [0.4, 0.5) is 0 Å². The summed E-state index contributed by atoms with van der Waals surface area (Å²) in [4.78, 5) is 28.0. The Kier molecular flexibility index (Phi) is 7.05. The topological polar surface area (TPSA) is 77.1 Å². The molecular weight excluding hydrogens is 396 g/mol. The van der Waals surface area contributed by atoms with Crippen LogP contribution in [0.3, 0.4) is 0 Å². The van der Waals surface area contributed by atoms with E-state index in [4.69, 9.17) is 14.2 Å². The first kappa shape index (κ1) is 22.5. The van der Waals surface area contributed by atoms with Crippen molar-refractivity contribution in [3.05, 3.63) is 53.6 Å². The maximum atomic E-state index is 13.2. The minimum atomic E-state index is -0.405. The van der Waals surface area contributed by atoms with Gasteiger partial charge in [0.05, 0.1) is 27.2 Å². The van der Waals surface area contributed by atoms with E-state index in [1.54, 1.807) is 50.5 Å². The molecule has 2 amide bonds. The number of carbonyl (C=O) groups is 2. The zero-order valence-electron chi connectivity index (χ0n) is 18.7. The molecular formula is C24H30N2O5. The number of para-hydroxylation sites is 1. The highest BCUT2D eigenvalue weighted by molar-refractivity contribution is 5.95. The van der Waals surface area contributed by atoms with Gasteiger partial charge in [-0.1, -0.05) is 18.2 Å². The van der Waals surface area contributed by atoms with Crippen molar-refractivity contribution < 1.29 is 23.8 Å². The van der Waals surface area contributed by atoms with E-state index in [1.165, 1.54) is 0 Å². The monoisotopic (exact) mass is 426 g/mol. The lowest BCUT2D eigenvalue weighted by Crippen LogP contribution is -2.39. The Balaban J connectivity index is 1.97. The molecule has 0 radical (unpaired) electrons. The van der Waals surface area contributed by atoms with Crippen molar-refractivity contribution in [2.45, 2.75) is 25.8 Å². The highest BCUT2D eigenvalue weighted by Gasteiger charge is 2.42. The summed E-state index contributed by atoms with van der Waals surface area (Å²) in [6, 6.07) is 12.7. The second-order valence-corrected chi connectivity index (χ2v) is 7.90. The third-order valence-corrected chi connectivity index (χ3v) is 5.52. The maximum Gasteiger partial charge on any atom is 0.254 e. The van der Waals surface area contributed by atoms with Crippen LogP contribution >= 0.6 is 0 Å². The molecule has 7 heteroatoms. The van der Waals surface area contributed by atoms with E-state index >= 15 is 0 Å². The zero-order chi connectivity index (χ0) is 22.5. The van der Waals surface area contributed by atoms with Crippen LogP contribution in [-0.4, -0.2) is 57.2 Å². The van der Waals surface area contributed by atoms with Gasteiger partial charge < -0.3 is 24.4 Å². The van der Waals surface area contributed by atoms with Gasteiger partial charge in [0.25, 0.3) is 5.91 Å². The molecule has 1 N–H and O–H groups in total. The summed E-state index contributed by atoms with van der Waals surface area (Å²) in [5.74, 6) is 0.964. The molecule has 2 aromatic carbocycles. The van der Waals surface area contributed by atoms with Crippen molar-refractivity contribution in [2.24, 2.45) is 5.92 Å². The molecule has 1 saturated heterocycles. The van der Waals surface area contributed by atoms with E-state index in [-0.39, 0.29) is 23.8 Å². The number of carbonyl (C=O) groups excluding carboxylic acids is 2. The van der Waals surface area contributed by atoms with Crippen LogP contribution in [0.25, 0.3) is 0 Å². The van der Waals surface area contributed by atoms with E-state index < -0.39 is 5.92 Å². The minimum absolute atomic E-state index is 0.00323. The average molecular weight is 427 g/mol. The fourth-order valence-electron chi connectivity index (χ4n) is 4.08. The van der Waals surface area contributed by atoms with Gasteiger partial charge >= 0.3 is 0 Å². The SMILES string of the molecule is COc1cccc(C(=O)N2C[C@@H](C(=O)NC(C)C)[C@H](c3cccc(OC)c3OC)C2)c1. The highest BCUT2D eigenvalue weighted by Crippen LogP contribution is 2.42. The van der Waals surface area contributed by atoms with E-state index in [2.05, 4.69) is 5.32 Å². The van der Waals surface area contributed by atoms with Gasteiger partial charge in [0, 0.05) is 36.2 Å². The Bertz CT molecular complexity index is 943. The van der Waals surface area contributed by atoms with Crippen molar-refractivity contribution in [1.29, 1.82) is 0 Å². The average Bonchev–Trinajstić information content (AvgIpc) is 3.23. The third-order valence-electron chi connectivity index (χ3n) is 5.52. The molecule has 1 fully saturated rings. The Labute approximate surface area is 183 Å². The van der Waals surface area contributed by atoms with Crippen LogP contribution in [-0.2, 0) is 4.79 Å². The number of ether oxygens (including phenoxy) is 3. The summed E-state index contributed by atoms with van der Waals surface area (Å²) in [7, 11) is 4.73. The lowest BCUT2D eigenvalue weighted by Gasteiger charge is -2.22. The van der Waals surface area contributed by atoms with E-state index in [0.29, 0.717) is 35.9 Å². The predicted octanol–water partition coefficient (Wildman–Crippen LogP) is 3.09. The number of nitrogens with zero attached hydrogens (tertiary/aromatic N) is 1. The van der Waals surface area contributed by atoms with Crippen molar-refractivity contribution in [3.63, 3.8) is 0 Å². The molecule has 0 aliphatic carbocycles. The summed E-state index contributed by atoms with van der Waals surface area (Å²) in [5, 5.41) is 3.00. The van der Waals surface area contributed by atoms with Gasteiger partial charge in [-0.05, 0) is 38.1 Å². The Morgan fingerprint density at radius 2 is 1.74 bits per heavy atom. The number of hydrogen-bond donors (Lipinski definition) is 1. The molecule has 1 aliphatic rings. The normalized spacial score (nSPS) is 18.1. The van der Waals surface area contributed by atoms with Gasteiger partial charge in [0.2, 0.25) is 5.91 Å². The van der Waals surface area contributed by atoms with Gasteiger partial charge in [-0.15, -0.1) is 0 Å². The van der Waals surface area contributed by atoms with Gasteiger partial charge in [-0.2, -0.15) is 0 Å². The molecule has 0 unspecified atom stereocenters. The van der Waals surface area contributed by atoms with Crippen LogP contribution in [0.1, 0.15) is 35.7 Å². The van der Waals surface area contributed by atoms with Gasteiger partial charge in [0.1, 0.15) is 5.75 Å². The van der Waals surface area contributed by atoms with Crippen LogP contribution < -0.4 is 19.5 Å². The number of nitrogens with one attached hydrogen (secondary N) is 1. The van der Waals surface area contributed by atoms with Crippen LogP contribution in [0.15, 0.2) is 42.5 Å². The number of likely N-dealkylation sites (tertiary alicyclic amines) is 1. The quantitative estimate of drug-likeness (QED) is 0.736. The first-order valence-electron chi connectivity index (χ1n) is 10.3.